The maximum atomic E-state index is 11.1. The zero-order chi connectivity index (χ0) is 20.4. The average molecular weight is 374 g/mol. The molecule has 0 fully saturated rings. The van der Waals surface area contributed by atoms with Crippen molar-refractivity contribution in [2.24, 2.45) is 11.8 Å². The van der Waals surface area contributed by atoms with Crippen LogP contribution in [-0.2, 0) is 35.2 Å². The highest BCUT2D eigenvalue weighted by molar-refractivity contribution is 5.72. The van der Waals surface area contributed by atoms with Gasteiger partial charge >= 0.3 is 23.7 Å². The highest BCUT2D eigenvalue weighted by Gasteiger charge is 2.14. The van der Waals surface area contributed by atoms with Crippen molar-refractivity contribution in [1.29, 1.82) is 0 Å². The molecule has 1 atom stereocenters. The van der Waals surface area contributed by atoms with Crippen molar-refractivity contribution < 1.29 is 37.4 Å². The number of hydrogen-bond acceptors (Lipinski definition) is 9. The van der Waals surface area contributed by atoms with Gasteiger partial charge in [-0.3, -0.25) is 14.4 Å². The van der Waals surface area contributed by atoms with Crippen molar-refractivity contribution in [2.75, 3.05) is 0 Å². The second-order valence-electron chi connectivity index (χ2n) is 5.96. The molecule has 1 unspecified atom stereocenters. The largest absolute Gasteiger partial charge is 0.519 e. The van der Waals surface area contributed by atoms with Gasteiger partial charge < -0.3 is 23.0 Å². The van der Waals surface area contributed by atoms with Crippen LogP contribution in [-0.4, -0.2) is 24.2 Å². The lowest BCUT2D eigenvalue weighted by atomic mass is 10.2. The summed E-state index contributed by atoms with van der Waals surface area (Å²) in [6, 6.07) is 0. The van der Waals surface area contributed by atoms with Gasteiger partial charge in [0.15, 0.2) is 18.1 Å². The van der Waals surface area contributed by atoms with Crippen LogP contribution in [0.5, 0.6) is 0 Å². The molecule has 9 heteroatoms. The van der Waals surface area contributed by atoms with Gasteiger partial charge in [-0.25, -0.2) is 4.79 Å². The molecule has 0 aliphatic rings. The molecular formula is C17H26O9. The van der Waals surface area contributed by atoms with Crippen molar-refractivity contribution in [3.8, 4) is 0 Å². The van der Waals surface area contributed by atoms with Gasteiger partial charge in [-0.15, -0.1) is 0 Å². The fraction of sp³-hybridized carbons (Fsp3) is 0.647. The SMILES string of the molecule is CC(=O)OC(C)OC(=O)C(C)C.Cc1oc(=O)oc1COC(=O)C(C)C. The Hall–Kier alpha value is -2.58. The van der Waals surface area contributed by atoms with E-state index in [1.54, 1.807) is 34.6 Å². The molecule has 0 radical (unpaired) electrons. The van der Waals surface area contributed by atoms with Gasteiger partial charge in [0.25, 0.3) is 0 Å². The van der Waals surface area contributed by atoms with E-state index in [9.17, 15) is 19.2 Å². The van der Waals surface area contributed by atoms with Gasteiger partial charge in [0.1, 0.15) is 0 Å². The topological polar surface area (TPSA) is 122 Å². The molecule has 26 heavy (non-hydrogen) atoms. The molecule has 1 heterocycles. The molecule has 1 rings (SSSR count). The molecule has 0 aliphatic carbocycles. The predicted molar refractivity (Wildman–Crippen MR) is 88.8 cm³/mol. The summed E-state index contributed by atoms with van der Waals surface area (Å²) in [6.07, 6.45) is -0.794. The first-order valence-electron chi connectivity index (χ1n) is 8.07. The molecule has 0 N–H and O–H groups in total. The van der Waals surface area contributed by atoms with Gasteiger partial charge in [0, 0.05) is 13.8 Å². The van der Waals surface area contributed by atoms with Crippen LogP contribution in [0.25, 0.3) is 0 Å². The number of carbonyl (C=O) groups is 3. The van der Waals surface area contributed by atoms with Gasteiger partial charge in [-0.05, 0) is 6.92 Å². The lowest BCUT2D eigenvalue weighted by molar-refractivity contribution is -0.185. The Bertz CT molecular complexity index is 651. The Morgan fingerprint density at radius 3 is 1.85 bits per heavy atom. The third-order valence-corrected chi connectivity index (χ3v) is 2.74. The van der Waals surface area contributed by atoms with E-state index < -0.39 is 18.1 Å². The molecule has 0 bridgehead atoms. The Labute approximate surface area is 151 Å². The molecule has 1 aromatic rings. The van der Waals surface area contributed by atoms with Gasteiger partial charge in [0.2, 0.25) is 6.29 Å². The summed E-state index contributed by atoms with van der Waals surface area (Å²) >= 11 is 0. The van der Waals surface area contributed by atoms with Crippen LogP contribution in [0.1, 0.15) is 53.1 Å². The molecule has 0 spiro atoms. The summed E-state index contributed by atoms with van der Waals surface area (Å²) in [6.45, 7) is 11.1. The number of ether oxygens (including phenoxy) is 3. The zero-order valence-electron chi connectivity index (χ0n) is 16.1. The van der Waals surface area contributed by atoms with Gasteiger partial charge in [-0.1, -0.05) is 27.7 Å². The Morgan fingerprint density at radius 1 is 0.923 bits per heavy atom. The van der Waals surface area contributed by atoms with E-state index in [1.807, 2.05) is 0 Å². The number of carbonyl (C=O) groups excluding carboxylic acids is 3. The van der Waals surface area contributed by atoms with Crippen molar-refractivity contribution in [3.05, 3.63) is 22.1 Å². The molecule has 0 saturated carbocycles. The van der Waals surface area contributed by atoms with Crippen LogP contribution < -0.4 is 5.82 Å². The Balaban J connectivity index is 0.000000488. The van der Waals surface area contributed by atoms with Gasteiger partial charge in [0.05, 0.1) is 11.8 Å². The van der Waals surface area contributed by atoms with Crippen molar-refractivity contribution in [1.82, 2.24) is 0 Å². The van der Waals surface area contributed by atoms with Crippen LogP contribution in [0.3, 0.4) is 0 Å². The normalized spacial score (nSPS) is 11.4. The summed E-state index contributed by atoms with van der Waals surface area (Å²) in [7, 11) is 0. The minimum absolute atomic E-state index is 0.0609. The maximum absolute atomic E-state index is 11.1. The fourth-order valence-corrected chi connectivity index (χ4v) is 1.37. The number of hydrogen-bond donors (Lipinski definition) is 0. The highest BCUT2D eigenvalue weighted by atomic mass is 16.7. The monoisotopic (exact) mass is 374 g/mol. The first-order valence-corrected chi connectivity index (χ1v) is 8.07. The van der Waals surface area contributed by atoms with E-state index in [0.717, 1.165) is 0 Å². The van der Waals surface area contributed by atoms with E-state index in [0.29, 0.717) is 5.76 Å². The summed E-state index contributed by atoms with van der Waals surface area (Å²) in [5, 5.41) is 0. The second kappa shape index (κ2) is 11.1. The zero-order valence-corrected chi connectivity index (χ0v) is 16.1. The van der Waals surface area contributed by atoms with Gasteiger partial charge in [-0.2, -0.15) is 0 Å². The van der Waals surface area contributed by atoms with Crippen LogP contribution in [0.4, 0.5) is 0 Å². The standard InChI is InChI=1S/C9H12O5.C8H14O4/c1-5(2)8(10)12-4-7-6(3)13-9(11)14-7;1-5(2)8(10)12-7(4)11-6(3)9/h5H,4H2,1-3H3;5,7H,1-4H3. The molecule has 9 nitrogen and oxygen atoms in total. The Kier molecular flexibility index (Phi) is 10.0. The molecule has 0 amide bonds. The minimum atomic E-state index is -0.794. The van der Waals surface area contributed by atoms with Crippen LogP contribution in [0.2, 0.25) is 0 Å². The first kappa shape index (κ1) is 23.4. The van der Waals surface area contributed by atoms with E-state index >= 15 is 0 Å². The quantitative estimate of drug-likeness (QED) is 0.545. The van der Waals surface area contributed by atoms with Crippen molar-refractivity contribution in [3.63, 3.8) is 0 Å². The average Bonchev–Trinajstić information content (AvgIpc) is 2.82. The highest BCUT2D eigenvalue weighted by Crippen LogP contribution is 2.08. The summed E-state index contributed by atoms with van der Waals surface area (Å²) in [5.74, 6) is -1.76. The number of rotatable bonds is 6. The molecule has 0 saturated heterocycles. The summed E-state index contributed by atoms with van der Waals surface area (Å²) in [4.78, 5) is 43.0. The molecule has 148 valence electrons. The van der Waals surface area contributed by atoms with Crippen LogP contribution >= 0.6 is 0 Å². The molecule has 0 aromatic carbocycles. The number of aryl methyl sites for hydroxylation is 1. The summed E-state index contributed by atoms with van der Waals surface area (Å²) < 4.78 is 23.4. The third-order valence-electron chi connectivity index (χ3n) is 2.74. The first-order chi connectivity index (χ1) is 11.9. The van der Waals surface area contributed by atoms with Crippen molar-refractivity contribution >= 4 is 17.9 Å². The molecule has 1 aromatic heterocycles. The lowest BCUT2D eigenvalue weighted by Crippen LogP contribution is -2.23. The number of esters is 3. The van der Waals surface area contributed by atoms with Crippen LogP contribution in [0.15, 0.2) is 13.6 Å². The van der Waals surface area contributed by atoms with E-state index in [1.165, 1.54) is 13.8 Å². The second-order valence-corrected chi connectivity index (χ2v) is 5.96. The molecular weight excluding hydrogens is 348 g/mol. The van der Waals surface area contributed by atoms with E-state index in [2.05, 4.69) is 13.6 Å². The van der Waals surface area contributed by atoms with Crippen molar-refractivity contribution in [2.45, 2.75) is 61.4 Å². The predicted octanol–water partition coefficient (Wildman–Crippen LogP) is 2.34. The lowest BCUT2D eigenvalue weighted by Gasteiger charge is -2.13. The third kappa shape index (κ3) is 9.65. The smallest absolute Gasteiger partial charge is 0.457 e. The van der Waals surface area contributed by atoms with E-state index in [-0.39, 0.29) is 36.1 Å². The summed E-state index contributed by atoms with van der Waals surface area (Å²) in [5.41, 5.74) is 0. The Morgan fingerprint density at radius 2 is 1.46 bits per heavy atom. The minimum Gasteiger partial charge on any atom is -0.457 e. The molecule has 0 aliphatic heterocycles. The van der Waals surface area contributed by atoms with E-state index in [4.69, 9.17) is 9.47 Å². The van der Waals surface area contributed by atoms with Crippen LogP contribution in [0, 0.1) is 18.8 Å². The maximum Gasteiger partial charge on any atom is 0.519 e. The fourth-order valence-electron chi connectivity index (χ4n) is 1.37.